The van der Waals surface area contributed by atoms with Crippen molar-refractivity contribution in [3.63, 3.8) is 0 Å². The SMILES string of the molecule is CC(C)CN(C(=O)CN1CC(C)CC(C)C1)C1CC1. The van der Waals surface area contributed by atoms with Crippen LogP contribution in [0.4, 0.5) is 0 Å². The Bertz CT molecular complexity index is 302. The van der Waals surface area contributed by atoms with Crippen LogP contribution < -0.4 is 0 Å². The van der Waals surface area contributed by atoms with Gasteiger partial charge in [0.15, 0.2) is 0 Å². The molecule has 0 N–H and O–H groups in total. The highest BCUT2D eigenvalue weighted by molar-refractivity contribution is 5.79. The van der Waals surface area contributed by atoms with Gasteiger partial charge in [-0.05, 0) is 37.0 Å². The molecular formula is C16H30N2O. The molecule has 0 aromatic carbocycles. The van der Waals surface area contributed by atoms with Crippen molar-refractivity contribution < 1.29 is 4.79 Å². The zero-order valence-electron chi connectivity index (χ0n) is 13.1. The van der Waals surface area contributed by atoms with Crippen LogP contribution in [0.2, 0.25) is 0 Å². The number of piperidine rings is 1. The van der Waals surface area contributed by atoms with Gasteiger partial charge < -0.3 is 4.90 Å². The third-order valence-electron chi connectivity index (χ3n) is 4.17. The smallest absolute Gasteiger partial charge is 0.237 e. The maximum absolute atomic E-state index is 12.5. The molecule has 3 heteroatoms. The Hall–Kier alpha value is -0.570. The topological polar surface area (TPSA) is 23.6 Å². The van der Waals surface area contributed by atoms with E-state index < -0.39 is 0 Å². The second kappa shape index (κ2) is 6.25. The van der Waals surface area contributed by atoms with Gasteiger partial charge in [-0.25, -0.2) is 0 Å². The number of nitrogens with zero attached hydrogens (tertiary/aromatic N) is 2. The van der Waals surface area contributed by atoms with Gasteiger partial charge in [-0.3, -0.25) is 9.69 Å². The van der Waals surface area contributed by atoms with Crippen molar-refractivity contribution in [1.29, 1.82) is 0 Å². The van der Waals surface area contributed by atoms with Gasteiger partial charge in [0, 0.05) is 25.7 Å². The summed E-state index contributed by atoms with van der Waals surface area (Å²) in [4.78, 5) is 17.0. The fraction of sp³-hybridized carbons (Fsp3) is 0.938. The lowest BCUT2D eigenvalue weighted by Crippen LogP contribution is -2.47. The Kier molecular flexibility index (Phi) is 4.88. The average Bonchev–Trinajstić information content (AvgIpc) is 3.07. The quantitative estimate of drug-likeness (QED) is 0.763. The summed E-state index contributed by atoms with van der Waals surface area (Å²) >= 11 is 0. The lowest BCUT2D eigenvalue weighted by molar-refractivity contribution is -0.134. The highest BCUT2D eigenvalue weighted by Crippen LogP contribution is 2.28. The van der Waals surface area contributed by atoms with Gasteiger partial charge in [0.25, 0.3) is 0 Å². The molecule has 1 aliphatic heterocycles. The molecule has 0 bridgehead atoms. The van der Waals surface area contributed by atoms with E-state index in [4.69, 9.17) is 0 Å². The lowest BCUT2D eigenvalue weighted by atomic mass is 9.92. The lowest BCUT2D eigenvalue weighted by Gasteiger charge is -2.36. The Balaban J connectivity index is 1.87. The first-order valence-corrected chi connectivity index (χ1v) is 7.97. The molecule has 0 aromatic heterocycles. The van der Waals surface area contributed by atoms with Crippen molar-refractivity contribution in [1.82, 2.24) is 9.80 Å². The Labute approximate surface area is 118 Å². The first kappa shape index (κ1) is 14.8. The molecule has 2 aliphatic rings. The van der Waals surface area contributed by atoms with Crippen molar-refractivity contribution in [2.45, 2.75) is 53.0 Å². The number of amides is 1. The van der Waals surface area contributed by atoms with Gasteiger partial charge >= 0.3 is 0 Å². The Morgan fingerprint density at radius 1 is 1.21 bits per heavy atom. The summed E-state index contributed by atoms with van der Waals surface area (Å²) in [6, 6.07) is 0.550. The van der Waals surface area contributed by atoms with Crippen molar-refractivity contribution in [3.05, 3.63) is 0 Å². The van der Waals surface area contributed by atoms with Crippen molar-refractivity contribution in [3.8, 4) is 0 Å². The maximum Gasteiger partial charge on any atom is 0.237 e. The minimum Gasteiger partial charge on any atom is -0.338 e. The van der Waals surface area contributed by atoms with E-state index in [2.05, 4.69) is 37.5 Å². The summed E-state index contributed by atoms with van der Waals surface area (Å²) in [5.41, 5.74) is 0. The van der Waals surface area contributed by atoms with Crippen LogP contribution in [0.1, 0.15) is 47.0 Å². The minimum absolute atomic E-state index is 0.359. The van der Waals surface area contributed by atoms with Gasteiger partial charge in [-0.1, -0.05) is 27.7 Å². The summed E-state index contributed by atoms with van der Waals surface area (Å²) < 4.78 is 0. The molecule has 2 rings (SSSR count). The molecule has 0 aromatic rings. The van der Waals surface area contributed by atoms with Crippen molar-refractivity contribution in [2.75, 3.05) is 26.2 Å². The predicted octanol–water partition coefficient (Wildman–Crippen LogP) is 2.61. The molecule has 2 atom stereocenters. The van der Waals surface area contributed by atoms with Gasteiger partial charge in [-0.15, -0.1) is 0 Å². The first-order valence-electron chi connectivity index (χ1n) is 7.97. The van der Waals surface area contributed by atoms with Crippen molar-refractivity contribution in [2.24, 2.45) is 17.8 Å². The molecule has 0 spiro atoms. The predicted molar refractivity (Wildman–Crippen MR) is 79.0 cm³/mol. The van der Waals surface area contributed by atoms with E-state index in [9.17, 15) is 4.79 Å². The first-order chi connectivity index (χ1) is 8.95. The number of rotatable bonds is 5. The van der Waals surface area contributed by atoms with E-state index in [-0.39, 0.29) is 0 Å². The van der Waals surface area contributed by atoms with Crippen molar-refractivity contribution >= 4 is 5.91 Å². The molecule has 1 heterocycles. The van der Waals surface area contributed by atoms with Crippen LogP contribution in [0.5, 0.6) is 0 Å². The zero-order chi connectivity index (χ0) is 14.0. The number of hydrogen-bond donors (Lipinski definition) is 0. The monoisotopic (exact) mass is 266 g/mol. The fourth-order valence-corrected chi connectivity index (χ4v) is 3.44. The third-order valence-corrected chi connectivity index (χ3v) is 4.17. The highest BCUT2D eigenvalue weighted by atomic mass is 16.2. The minimum atomic E-state index is 0.359. The molecule has 1 saturated carbocycles. The Morgan fingerprint density at radius 2 is 1.79 bits per heavy atom. The molecule has 1 saturated heterocycles. The molecule has 110 valence electrons. The summed E-state index contributed by atoms with van der Waals surface area (Å²) in [7, 11) is 0. The van der Waals surface area contributed by atoms with Gasteiger partial charge in [0.2, 0.25) is 5.91 Å². The van der Waals surface area contributed by atoms with Crippen LogP contribution in [0.25, 0.3) is 0 Å². The summed E-state index contributed by atoms with van der Waals surface area (Å²) in [6.45, 7) is 12.8. The molecule has 2 unspecified atom stereocenters. The fourth-order valence-electron chi connectivity index (χ4n) is 3.44. The van der Waals surface area contributed by atoms with Gasteiger partial charge in [0.1, 0.15) is 0 Å². The van der Waals surface area contributed by atoms with E-state index in [1.807, 2.05) is 0 Å². The largest absolute Gasteiger partial charge is 0.338 e. The molecule has 1 amide bonds. The van der Waals surface area contributed by atoms with Crippen LogP contribution >= 0.6 is 0 Å². The van der Waals surface area contributed by atoms with E-state index >= 15 is 0 Å². The molecule has 0 radical (unpaired) electrons. The van der Waals surface area contributed by atoms with Crippen LogP contribution in [-0.4, -0.2) is 47.9 Å². The molecule has 2 fully saturated rings. The maximum atomic E-state index is 12.5. The van der Waals surface area contributed by atoms with E-state index in [1.165, 1.54) is 19.3 Å². The highest BCUT2D eigenvalue weighted by Gasteiger charge is 2.34. The molecule has 1 aliphatic carbocycles. The number of carbonyl (C=O) groups excluding carboxylic acids is 1. The van der Waals surface area contributed by atoms with Crippen LogP contribution in [-0.2, 0) is 4.79 Å². The van der Waals surface area contributed by atoms with Gasteiger partial charge in [-0.2, -0.15) is 0 Å². The second-order valence-electron chi connectivity index (χ2n) is 7.31. The summed E-state index contributed by atoms with van der Waals surface area (Å²) in [5, 5.41) is 0. The summed E-state index contributed by atoms with van der Waals surface area (Å²) in [6.07, 6.45) is 3.74. The molecular weight excluding hydrogens is 236 g/mol. The molecule has 19 heavy (non-hydrogen) atoms. The second-order valence-corrected chi connectivity index (χ2v) is 7.31. The number of likely N-dealkylation sites (tertiary alicyclic amines) is 1. The van der Waals surface area contributed by atoms with E-state index in [0.29, 0.717) is 24.4 Å². The summed E-state index contributed by atoms with van der Waals surface area (Å²) in [5.74, 6) is 2.40. The molecule has 3 nitrogen and oxygen atoms in total. The van der Waals surface area contributed by atoms with E-state index in [0.717, 1.165) is 31.5 Å². The van der Waals surface area contributed by atoms with Crippen LogP contribution in [0.3, 0.4) is 0 Å². The van der Waals surface area contributed by atoms with Crippen LogP contribution in [0, 0.1) is 17.8 Å². The van der Waals surface area contributed by atoms with E-state index in [1.54, 1.807) is 0 Å². The average molecular weight is 266 g/mol. The van der Waals surface area contributed by atoms with Gasteiger partial charge in [0.05, 0.1) is 6.54 Å². The Morgan fingerprint density at radius 3 is 2.26 bits per heavy atom. The normalized spacial score (nSPS) is 28.7. The zero-order valence-corrected chi connectivity index (χ0v) is 13.1. The number of hydrogen-bond acceptors (Lipinski definition) is 2. The standard InChI is InChI=1S/C16H30N2O/c1-12(2)8-18(15-5-6-15)16(19)11-17-9-13(3)7-14(4)10-17/h12-15H,5-11H2,1-4H3. The van der Waals surface area contributed by atoms with Crippen LogP contribution in [0.15, 0.2) is 0 Å². The number of carbonyl (C=O) groups is 1. The third kappa shape index (κ3) is 4.48.